The van der Waals surface area contributed by atoms with Crippen molar-refractivity contribution < 1.29 is 19.1 Å². The zero-order chi connectivity index (χ0) is 25.9. The number of carbonyl (C=O) groups excluding carboxylic acids is 2. The van der Waals surface area contributed by atoms with Crippen molar-refractivity contribution in [3.63, 3.8) is 0 Å². The van der Waals surface area contributed by atoms with Crippen LogP contribution >= 0.6 is 11.8 Å². The maximum Gasteiger partial charge on any atom is 0.255 e. The Hall–Kier alpha value is -3.72. The van der Waals surface area contributed by atoms with Gasteiger partial charge in [0.15, 0.2) is 5.17 Å². The minimum atomic E-state index is -0.464. The van der Waals surface area contributed by atoms with Crippen molar-refractivity contribution in [2.75, 3.05) is 32.6 Å². The minimum absolute atomic E-state index is 0.102. The zero-order valence-corrected chi connectivity index (χ0v) is 22.0. The average Bonchev–Trinajstić information content (AvgIpc) is 3.59. The van der Waals surface area contributed by atoms with E-state index in [4.69, 9.17) is 14.5 Å². The molecule has 0 spiro atoms. The van der Waals surface area contributed by atoms with E-state index in [0.29, 0.717) is 28.5 Å². The van der Waals surface area contributed by atoms with Gasteiger partial charge in [0, 0.05) is 24.5 Å². The first-order chi connectivity index (χ1) is 18.0. The maximum absolute atomic E-state index is 13.8. The van der Waals surface area contributed by atoms with Gasteiger partial charge in [-0.2, -0.15) is 0 Å². The molecular formula is C28H30N4O4S. The molecule has 2 amide bonds. The average molecular weight is 519 g/mol. The van der Waals surface area contributed by atoms with Gasteiger partial charge >= 0.3 is 0 Å². The van der Waals surface area contributed by atoms with Crippen molar-refractivity contribution in [3.8, 4) is 11.5 Å². The number of carbonyl (C=O) groups is 2. The second kappa shape index (κ2) is 10.7. The van der Waals surface area contributed by atoms with Crippen LogP contribution in [0.25, 0.3) is 0 Å². The molecule has 1 fully saturated rings. The summed E-state index contributed by atoms with van der Waals surface area (Å²) in [6.45, 7) is 3.45. The maximum atomic E-state index is 13.8. The van der Waals surface area contributed by atoms with Crippen LogP contribution in [0.5, 0.6) is 11.5 Å². The standard InChI is InChI=1S/C28H30N4O4S/c1-18-25(27(34)30-20-9-11-22(35-2)12-10-20)26(19-7-6-8-23(15-19)36-3)32-21(17-37-28(32)29-18)16-24(33)31-13-4-5-14-31/h6-12,15,17,26H,4-5,13-14,16H2,1-3H3,(H,30,34)/t26-/m0/s1. The van der Waals surface area contributed by atoms with Gasteiger partial charge in [0.25, 0.3) is 5.91 Å². The highest BCUT2D eigenvalue weighted by Gasteiger charge is 2.41. The Morgan fingerprint density at radius 3 is 2.49 bits per heavy atom. The smallest absolute Gasteiger partial charge is 0.255 e. The summed E-state index contributed by atoms with van der Waals surface area (Å²) in [7, 11) is 3.22. The molecule has 9 heteroatoms. The summed E-state index contributed by atoms with van der Waals surface area (Å²) in [4.78, 5) is 35.6. The van der Waals surface area contributed by atoms with E-state index < -0.39 is 6.04 Å². The molecule has 0 saturated carbocycles. The number of hydrogen-bond acceptors (Lipinski definition) is 7. The third-order valence-corrected chi connectivity index (χ3v) is 7.68. The van der Waals surface area contributed by atoms with E-state index >= 15 is 0 Å². The van der Waals surface area contributed by atoms with Crippen LogP contribution in [-0.4, -0.2) is 54.1 Å². The molecule has 37 heavy (non-hydrogen) atoms. The fourth-order valence-corrected chi connectivity index (χ4v) is 5.86. The van der Waals surface area contributed by atoms with Crippen molar-refractivity contribution in [1.29, 1.82) is 0 Å². The van der Waals surface area contributed by atoms with E-state index in [1.165, 1.54) is 11.8 Å². The minimum Gasteiger partial charge on any atom is -0.497 e. The van der Waals surface area contributed by atoms with Crippen LogP contribution in [0.4, 0.5) is 5.69 Å². The summed E-state index contributed by atoms with van der Waals surface area (Å²) < 4.78 is 10.7. The molecule has 192 valence electrons. The number of methoxy groups -OCH3 is 2. The van der Waals surface area contributed by atoms with E-state index in [2.05, 4.69) is 5.32 Å². The van der Waals surface area contributed by atoms with Crippen LogP contribution in [0, 0.1) is 0 Å². The monoisotopic (exact) mass is 518 g/mol. The van der Waals surface area contributed by atoms with E-state index in [-0.39, 0.29) is 18.2 Å². The van der Waals surface area contributed by atoms with Gasteiger partial charge in [-0.3, -0.25) is 9.59 Å². The van der Waals surface area contributed by atoms with Crippen molar-refractivity contribution in [3.05, 3.63) is 76.5 Å². The lowest BCUT2D eigenvalue weighted by Crippen LogP contribution is -2.39. The predicted molar refractivity (Wildman–Crippen MR) is 145 cm³/mol. The van der Waals surface area contributed by atoms with Crippen molar-refractivity contribution >= 4 is 34.4 Å². The first-order valence-electron chi connectivity index (χ1n) is 12.3. The Kier molecular flexibility index (Phi) is 7.23. The molecule has 0 unspecified atom stereocenters. The number of benzene rings is 2. The number of nitrogens with zero attached hydrogens (tertiary/aromatic N) is 3. The van der Waals surface area contributed by atoms with Gasteiger partial charge < -0.3 is 24.6 Å². The van der Waals surface area contributed by atoms with Gasteiger partial charge in [0.1, 0.15) is 11.5 Å². The Morgan fingerprint density at radius 1 is 1.05 bits per heavy atom. The number of likely N-dealkylation sites (tertiary alicyclic amines) is 1. The van der Waals surface area contributed by atoms with Crippen molar-refractivity contribution in [2.24, 2.45) is 4.99 Å². The number of hydrogen-bond donors (Lipinski definition) is 1. The van der Waals surface area contributed by atoms with Crippen LogP contribution in [0.1, 0.15) is 37.8 Å². The van der Waals surface area contributed by atoms with Gasteiger partial charge in [0.2, 0.25) is 5.91 Å². The number of allylic oxidation sites excluding steroid dienone is 1. The molecule has 8 nitrogen and oxygen atoms in total. The van der Waals surface area contributed by atoms with E-state index in [1.807, 2.05) is 46.4 Å². The third-order valence-electron chi connectivity index (χ3n) is 6.79. The number of aliphatic imine (C=N–C) groups is 1. The number of amidine groups is 1. The van der Waals surface area contributed by atoms with Gasteiger partial charge in [-0.05, 0) is 67.1 Å². The number of anilines is 1. The number of ether oxygens (including phenoxy) is 2. The molecule has 2 aromatic rings. The highest BCUT2D eigenvalue weighted by molar-refractivity contribution is 8.16. The first kappa shape index (κ1) is 25.0. The molecule has 1 N–H and O–H groups in total. The number of thioether (sulfide) groups is 1. The lowest BCUT2D eigenvalue weighted by Gasteiger charge is -2.37. The van der Waals surface area contributed by atoms with E-state index in [0.717, 1.165) is 42.4 Å². The van der Waals surface area contributed by atoms with Crippen LogP contribution in [0.3, 0.4) is 0 Å². The van der Waals surface area contributed by atoms with Crippen LogP contribution in [0.2, 0.25) is 0 Å². The summed E-state index contributed by atoms with van der Waals surface area (Å²) in [5.41, 5.74) is 3.54. The molecule has 5 rings (SSSR count). The number of amides is 2. The third kappa shape index (κ3) is 5.09. The fourth-order valence-electron chi connectivity index (χ4n) is 4.89. The lowest BCUT2D eigenvalue weighted by molar-refractivity contribution is -0.129. The highest BCUT2D eigenvalue weighted by Crippen LogP contribution is 2.45. The molecule has 3 aliphatic heterocycles. The summed E-state index contributed by atoms with van der Waals surface area (Å²) in [6, 6.07) is 14.4. The molecule has 3 aliphatic rings. The first-order valence-corrected chi connectivity index (χ1v) is 13.2. The molecule has 1 saturated heterocycles. The quantitative estimate of drug-likeness (QED) is 0.560. The van der Waals surface area contributed by atoms with Gasteiger partial charge in [-0.25, -0.2) is 4.99 Å². The second-order valence-electron chi connectivity index (χ2n) is 9.12. The van der Waals surface area contributed by atoms with Crippen molar-refractivity contribution in [1.82, 2.24) is 9.80 Å². The van der Waals surface area contributed by atoms with Gasteiger partial charge in [0.05, 0.1) is 38.0 Å². The lowest BCUT2D eigenvalue weighted by atomic mass is 9.93. The number of nitrogens with one attached hydrogen (secondary N) is 1. The van der Waals surface area contributed by atoms with Crippen LogP contribution < -0.4 is 14.8 Å². The normalized spacial score (nSPS) is 18.8. The molecule has 1 atom stereocenters. The Morgan fingerprint density at radius 2 is 1.78 bits per heavy atom. The molecule has 3 heterocycles. The van der Waals surface area contributed by atoms with Crippen LogP contribution in [-0.2, 0) is 9.59 Å². The van der Waals surface area contributed by atoms with Crippen LogP contribution in [0.15, 0.2) is 75.9 Å². The summed E-state index contributed by atoms with van der Waals surface area (Å²) in [6.07, 6.45) is 2.35. The molecule has 0 radical (unpaired) electrons. The predicted octanol–water partition coefficient (Wildman–Crippen LogP) is 4.93. The van der Waals surface area contributed by atoms with Gasteiger partial charge in [-0.15, -0.1) is 0 Å². The van der Waals surface area contributed by atoms with Gasteiger partial charge in [-0.1, -0.05) is 23.9 Å². The Bertz CT molecular complexity index is 1300. The largest absolute Gasteiger partial charge is 0.497 e. The molecule has 2 aromatic carbocycles. The Balaban J connectivity index is 1.50. The fraction of sp³-hybridized carbons (Fsp3) is 0.321. The number of rotatable bonds is 7. The molecule has 0 bridgehead atoms. The SMILES string of the molecule is COc1ccc(NC(=O)C2=C(C)N=C3SC=C(CC(=O)N4CCCC4)N3[C@H]2c2cccc(OC)c2)cc1. The summed E-state index contributed by atoms with van der Waals surface area (Å²) >= 11 is 1.49. The second-order valence-corrected chi connectivity index (χ2v) is 9.95. The van der Waals surface area contributed by atoms with E-state index in [1.54, 1.807) is 38.5 Å². The zero-order valence-electron chi connectivity index (χ0n) is 21.2. The van der Waals surface area contributed by atoms with E-state index in [9.17, 15) is 9.59 Å². The highest BCUT2D eigenvalue weighted by atomic mass is 32.2. The summed E-state index contributed by atoms with van der Waals surface area (Å²) in [5, 5.41) is 5.76. The molecule has 0 aromatic heterocycles. The topological polar surface area (TPSA) is 83.5 Å². The number of fused-ring (bicyclic) bond motifs is 1. The molecule has 0 aliphatic carbocycles. The Labute approximate surface area is 221 Å². The van der Waals surface area contributed by atoms with Crippen molar-refractivity contribution in [2.45, 2.75) is 32.2 Å². The summed E-state index contributed by atoms with van der Waals surface area (Å²) in [5.74, 6) is 1.26. The molecular weight excluding hydrogens is 488 g/mol.